The van der Waals surface area contributed by atoms with Gasteiger partial charge in [-0.3, -0.25) is 0 Å². The minimum Gasteiger partial charge on any atom is -0.362 e. The van der Waals surface area contributed by atoms with Crippen molar-refractivity contribution in [2.24, 2.45) is 0 Å². The van der Waals surface area contributed by atoms with Crippen LogP contribution < -0.4 is 0 Å². The number of hydrogen-bond acceptors (Lipinski definition) is 3. The first-order chi connectivity index (χ1) is 6.04. The Morgan fingerprint density at radius 1 is 1.69 bits per heavy atom. The number of nitriles is 1. The van der Waals surface area contributed by atoms with Gasteiger partial charge in [-0.1, -0.05) is 0 Å². The summed E-state index contributed by atoms with van der Waals surface area (Å²) in [5.41, 5.74) is 0.599. The molecule has 0 saturated carbocycles. The first-order valence-corrected chi connectivity index (χ1v) is 5.38. The lowest BCUT2D eigenvalue weighted by Crippen LogP contribution is -1.98. The molecule has 1 aromatic heterocycles. The molecule has 13 heavy (non-hydrogen) atoms. The molecule has 1 aromatic rings. The molecule has 0 aliphatic heterocycles. The average molecular weight is 196 g/mol. The predicted molar refractivity (Wildman–Crippen MR) is 49.2 cm³/mol. The van der Waals surface area contributed by atoms with Gasteiger partial charge in [-0.25, -0.2) is 8.42 Å². The molecule has 68 valence electrons. The number of H-pyrrole nitrogens is 1. The van der Waals surface area contributed by atoms with E-state index < -0.39 is 9.84 Å². The van der Waals surface area contributed by atoms with Gasteiger partial charge in [0, 0.05) is 18.1 Å². The second-order valence-electron chi connectivity index (χ2n) is 2.52. The number of allylic oxidation sites excluding steroid dienone is 1. The zero-order chi connectivity index (χ0) is 9.90. The van der Waals surface area contributed by atoms with Crippen LogP contribution in [-0.2, 0) is 9.84 Å². The lowest BCUT2D eigenvalue weighted by atomic mass is 10.4. The molecule has 0 radical (unpaired) electrons. The monoisotopic (exact) mass is 196 g/mol. The van der Waals surface area contributed by atoms with Crippen molar-refractivity contribution in [2.75, 3.05) is 6.26 Å². The number of aromatic amines is 1. The molecule has 5 heteroatoms. The van der Waals surface area contributed by atoms with E-state index in [0.29, 0.717) is 5.69 Å². The Morgan fingerprint density at radius 3 is 2.77 bits per heavy atom. The maximum atomic E-state index is 11.0. The number of aromatic nitrogens is 1. The third kappa shape index (κ3) is 2.46. The molecule has 1 heterocycles. The Hall–Kier alpha value is -1.54. The highest BCUT2D eigenvalue weighted by molar-refractivity contribution is 7.95. The number of hydrogen-bond donors (Lipinski definition) is 1. The van der Waals surface area contributed by atoms with Crippen LogP contribution in [0.5, 0.6) is 0 Å². The molecular weight excluding hydrogens is 188 g/mol. The Labute approximate surface area is 76.4 Å². The third-order valence-corrected chi connectivity index (χ3v) is 2.43. The summed E-state index contributed by atoms with van der Waals surface area (Å²) in [6.45, 7) is 0. The van der Waals surface area contributed by atoms with Crippen molar-refractivity contribution < 1.29 is 8.42 Å². The second kappa shape index (κ2) is 3.46. The molecule has 0 aliphatic rings. The van der Waals surface area contributed by atoms with Crippen molar-refractivity contribution in [3.8, 4) is 6.07 Å². The number of sulfone groups is 1. The highest BCUT2D eigenvalue weighted by atomic mass is 32.2. The van der Waals surface area contributed by atoms with Crippen molar-refractivity contribution in [1.29, 1.82) is 5.26 Å². The van der Waals surface area contributed by atoms with Gasteiger partial charge in [0.1, 0.15) is 11.0 Å². The molecule has 4 nitrogen and oxygen atoms in total. The number of nitrogens with zero attached hydrogens (tertiary/aromatic N) is 1. The lowest BCUT2D eigenvalue weighted by Gasteiger charge is -1.92. The molecule has 0 saturated heterocycles. The van der Waals surface area contributed by atoms with E-state index in [1.54, 1.807) is 24.4 Å². The van der Waals surface area contributed by atoms with Gasteiger partial charge < -0.3 is 4.98 Å². The van der Waals surface area contributed by atoms with Crippen LogP contribution >= 0.6 is 0 Å². The molecule has 1 N–H and O–H groups in total. The van der Waals surface area contributed by atoms with Gasteiger partial charge in [-0.15, -0.1) is 0 Å². The quantitative estimate of drug-likeness (QED) is 0.715. The normalized spacial score (nSPS) is 12.5. The summed E-state index contributed by atoms with van der Waals surface area (Å²) in [5, 5.41) is 8.55. The van der Waals surface area contributed by atoms with Crippen LogP contribution in [0.2, 0.25) is 0 Å². The summed E-state index contributed by atoms with van der Waals surface area (Å²) >= 11 is 0. The van der Waals surface area contributed by atoms with Crippen LogP contribution in [0, 0.1) is 11.3 Å². The minimum atomic E-state index is -3.41. The van der Waals surface area contributed by atoms with E-state index in [1.165, 1.54) is 6.08 Å². The summed E-state index contributed by atoms with van der Waals surface area (Å²) in [6.07, 6.45) is 3.96. The maximum absolute atomic E-state index is 11.0. The smallest absolute Gasteiger partial charge is 0.185 e. The van der Waals surface area contributed by atoms with Crippen LogP contribution in [0.1, 0.15) is 5.69 Å². The molecule has 0 fully saturated rings. The molecule has 1 rings (SSSR count). The minimum absolute atomic E-state index is 0.241. The van der Waals surface area contributed by atoms with Gasteiger partial charge in [-0.2, -0.15) is 5.26 Å². The fraction of sp³-hybridized carbons (Fsp3) is 0.125. The van der Waals surface area contributed by atoms with E-state index in [-0.39, 0.29) is 4.91 Å². The molecule has 0 aromatic carbocycles. The highest BCUT2D eigenvalue weighted by Gasteiger charge is 2.09. The highest BCUT2D eigenvalue weighted by Crippen LogP contribution is 2.08. The van der Waals surface area contributed by atoms with E-state index in [2.05, 4.69) is 4.98 Å². The van der Waals surface area contributed by atoms with Gasteiger partial charge in [-0.05, 0) is 18.2 Å². The Morgan fingerprint density at radius 2 is 2.38 bits per heavy atom. The molecule has 0 amide bonds. The van der Waals surface area contributed by atoms with Gasteiger partial charge >= 0.3 is 0 Å². The Kier molecular flexibility index (Phi) is 2.54. The summed E-state index contributed by atoms with van der Waals surface area (Å²) in [4.78, 5) is 2.54. The molecule has 0 spiro atoms. The van der Waals surface area contributed by atoms with Gasteiger partial charge in [0.15, 0.2) is 9.84 Å². The standard InChI is InChI=1S/C8H8N2O2S/c1-13(11,12)8(6-9)5-7-3-2-4-10-7/h2-5,10H,1H3/b8-5+. The van der Waals surface area contributed by atoms with Gasteiger partial charge in [0.05, 0.1) is 0 Å². The first kappa shape index (κ1) is 9.55. The zero-order valence-corrected chi connectivity index (χ0v) is 7.80. The van der Waals surface area contributed by atoms with E-state index in [0.717, 1.165) is 6.26 Å². The zero-order valence-electron chi connectivity index (χ0n) is 6.98. The van der Waals surface area contributed by atoms with E-state index in [1.807, 2.05) is 0 Å². The van der Waals surface area contributed by atoms with Crippen LogP contribution in [0.4, 0.5) is 0 Å². The van der Waals surface area contributed by atoms with E-state index >= 15 is 0 Å². The SMILES string of the molecule is CS(=O)(=O)/C(C#N)=C/c1ccc[nH]1. The fourth-order valence-corrected chi connectivity index (χ4v) is 1.30. The van der Waals surface area contributed by atoms with Crippen molar-refractivity contribution in [3.63, 3.8) is 0 Å². The van der Waals surface area contributed by atoms with Gasteiger partial charge in [0.25, 0.3) is 0 Å². The first-order valence-electron chi connectivity index (χ1n) is 3.49. The molecule has 0 bridgehead atoms. The molecule has 0 aliphatic carbocycles. The van der Waals surface area contributed by atoms with Crippen molar-refractivity contribution in [3.05, 3.63) is 28.9 Å². The molecular formula is C8H8N2O2S. The second-order valence-corrected chi connectivity index (χ2v) is 4.50. The summed E-state index contributed by atoms with van der Waals surface area (Å²) < 4.78 is 22.0. The number of rotatable bonds is 2. The lowest BCUT2D eigenvalue weighted by molar-refractivity contribution is 0.609. The summed E-state index contributed by atoms with van der Waals surface area (Å²) in [5.74, 6) is 0. The third-order valence-electron chi connectivity index (χ3n) is 1.42. The average Bonchev–Trinajstić information content (AvgIpc) is 2.49. The van der Waals surface area contributed by atoms with Crippen molar-refractivity contribution in [1.82, 2.24) is 4.98 Å². The van der Waals surface area contributed by atoms with E-state index in [4.69, 9.17) is 5.26 Å². The topological polar surface area (TPSA) is 73.7 Å². The summed E-state index contributed by atoms with van der Waals surface area (Å²) in [6, 6.07) is 5.04. The van der Waals surface area contributed by atoms with Crippen molar-refractivity contribution >= 4 is 15.9 Å². The summed E-state index contributed by atoms with van der Waals surface area (Å²) in [7, 11) is -3.41. The number of nitrogens with one attached hydrogen (secondary N) is 1. The molecule has 0 unspecified atom stereocenters. The largest absolute Gasteiger partial charge is 0.362 e. The van der Waals surface area contributed by atoms with Crippen LogP contribution in [0.15, 0.2) is 23.2 Å². The van der Waals surface area contributed by atoms with Gasteiger partial charge in [0.2, 0.25) is 0 Å². The van der Waals surface area contributed by atoms with Crippen LogP contribution in [0.25, 0.3) is 6.08 Å². The maximum Gasteiger partial charge on any atom is 0.185 e. The Bertz CT molecular complexity index is 449. The molecule has 0 atom stereocenters. The van der Waals surface area contributed by atoms with Crippen LogP contribution in [-0.4, -0.2) is 19.7 Å². The fourth-order valence-electron chi connectivity index (χ4n) is 0.797. The van der Waals surface area contributed by atoms with Crippen LogP contribution in [0.3, 0.4) is 0 Å². The van der Waals surface area contributed by atoms with Crippen molar-refractivity contribution in [2.45, 2.75) is 0 Å². The Balaban J connectivity index is 3.14. The predicted octanol–water partition coefficient (Wildman–Crippen LogP) is 0.924. The van der Waals surface area contributed by atoms with E-state index in [9.17, 15) is 8.42 Å².